The molecule has 2 N–H and O–H groups in total. The molecule has 3 atom stereocenters. The van der Waals surface area contributed by atoms with Crippen LogP contribution in [0, 0.1) is 5.92 Å². The zero-order chi connectivity index (χ0) is 14.0. The molecule has 0 aliphatic carbocycles. The predicted molar refractivity (Wildman–Crippen MR) is 71.8 cm³/mol. The third-order valence-electron chi connectivity index (χ3n) is 2.74. The van der Waals surface area contributed by atoms with E-state index >= 15 is 0 Å². The van der Waals surface area contributed by atoms with Gasteiger partial charge in [0.15, 0.2) is 0 Å². The van der Waals surface area contributed by atoms with Crippen LogP contribution in [0.3, 0.4) is 0 Å². The van der Waals surface area contributed by atoms with Crippen LogP contribution < -0.4 is 5.32 Å². The van der Waals surface area contributed by atoms with Crippen LogP contribution in [0.1, 0.15) is 20.8 Å². The molecule has 0 amide bonds. The van der Waals surface area contributed by atoms with Gasteiger partial charge in [-0.3, -0.25) is 0 Å². The van der Waals surface area contributed by atoms with Gasteiger partial charge in [-0.05, 0) is 12.8 Å². The smallest absolute Gasteiger partial charge is 0.0897 e. The Labute approximate surface area is 111 Å². The maximum absolute atomic E-state index is 9.80. The number of aliphatic hydroxyl groups excluding tert-OH is 1. The molecular weight excluding hydrogens is 234 g/mol. The second kappa shape index (κ2) is 10.7. The lowest BCUT2D eigenvalue weighted by Gasteiger charge is -2.23. The first kappa shape index (κ1) is 17.8. The van der Waals surface area contributed by atoms with Gasteiger partial charge in [0.1, 0.15) is 0 Å². The van der Waals surface area contributed by atoms with Crippen molar-refractivity contribution in [1.29, 1.82) is 0 Å². The van der Waals surface area contributed by atoms with Crippen LogP contribution in [-0.2, 0) is 14.2 Å². The average molecular weight is 263 g/mol. The van der Waals surface area contributed by atoms with E-state index in [0.717, 1.165) is 0 Å². The average Bonchev–Trinajstić information content (AvgIpc) is 2.31. The van der Waals surface area contributed by atoms with Gasteiger partial charge in [0.25, 0.3) is 0 Å². The molecule has 0 aliphatic rings. The Bertz CT molecular complexity index is 190. The van der Waals surface area contributed by atoms with Crippen LogP contribution in [0.5, 0.6) is 0 Å². The molecule has 0 spiro atoms. The second-order valence-electron chi connectivity index (χ2n) is 4.97. The Kier molecular flexibility index (Phi) is 10.6. The number of hydrogen-bond acceptors (Lipinski definition) is 5. The molecule has 0 aromatic rings. The van der Waals surface area contributed by atoms with E-state index in [0.29, 0.717) is 32.3 Å². The van der Waals surface area contributed by atoms with Crippen molar-refractivity contribution in [3.05, 3.63) is 0 Å². The number of aliphatic hydroxyl groups is 1. The molecule has 110 valence electrons. The maximum atomic E-state index is 9.80. The van der Waals surface area contributed by atoms with Crippen molar-refractivity contribution in [3.63, 3.8) is 0 Å². The lowest BCUT2D eigenvalue weighted by Crippen LogP contribution is -2.43. The number of rotatable bonds is 11. The van der Waals surface area contributed by atoms with Crippen molar-refractivity contribution in [3.8, 4) is 0 Å². The molecule has 5 nitrogen and oxygen atoms in total. The minimum Gasteiger partial charge on any atom is -0.389 e. The zero-order valence-corrected chi connectivity index (χ0v) is 12.3. The number of hydrogen-bond donors (Lipinski definition) is 2. The highest BCUT2D eigenvalue weighted by molar-refractivity contribution is 4.72. The van der Waals surface area contributed by atoms with E-state index < -0.39 is 6.10 Å². The summed E-state index contributed by atoms with van der Waals surface area (Å²) in [5.74, 6) is 0.463. The summed E-state index contributed by atoms with van der Waals surface area (Å²) in [5.41, 5.74) is 0. The van der Waals surface area contributed by atoms with E-state index in [-0.39, 0.29) is 12.1 Å². The van der Waals surface area contributed by atoms with Crippen LogP contribution in [0.25, 0.3) is 0 Å². The Hall–Kier alpha value is -0.200. The molecule has 18 heavy (non-hydrogen) atoms. The van der Waals surface area contributed by atoms with Crippen LogP contribution in [0.4, 0.5) is 0 Å². The van der Waals surface area contributed by atoms with Gasteiger partial charge in [0.2, 0.25) is 0 Å². The lowest BCUT2D eigenvalue weighted by atomic mass is 10.1. The van der Waals surface area contributed by atoms with Crippen molar-refractivity contribution in [1.82, 2.24) is 5.32 Å². The molecule has 5 heteroatoms. The van der Waals surface area contributed by atoms with E-state index in [1.54, 1.807) is 14.2 Å². The summed E-state index contributed by atoms with van der Waals surface area (Å²) in [5, 5.41) is 13.1. The molecule has 0 rings (SSSR count). The highest BCUT2D eigenvalue weighted by Gasteiger charge is 2.15. The van der Waals surface area contributed by atoms with Gasteiger partial charge in [-0.2, -0.15) is 0 Å². The summed E-state index contributed by atoms with van der Waals surface area (Å²) >= 11 is 0. The third-order valence-corrected chi connectivity index (χ3v) is 2.74. The molecule has 0 aromatic heterocycles. The molecule has 0 aromatic carbocycles. The maximum Gasteiger partial charge on any atom is 0.0897 e. The lowest BCUT2D eigenvalue weighted by molar-refractivity contribution is -0.0324. The molecule has 0 radical (unpaired) electrons. The van der Waals surface area contributed by atoms with E-state index in [4.69, 9.17) is 14.2 Å². The van der Waals surface area contributed by atoms with Gasteiger partial charge in [-0.1, -0.05) is 13.8 Å². The Morgan fingerprint density at radius 3 is 2.11 bits per heavy atom. The van der Waals surface area contributed by atoms with Crippen molar-refractivity contribution in [2.45, 2.75) is 39.0 Å². The van der Waals surface area contributed by atoms with Gasteiger partial charge in [-0.15, -0.1) is 0 Å². The molecule has 0 fully saturated rings. The van der Waals surface area contributed by atoms with Crippen LogP contribution >= 0.6 is 0 Å². The molecule has 0 heterocycles. The molecule has 0 saturated carbocycles. The van der Waals surface area contributed by atoms with Crippen molar-refractivity contribution < 1.29 is 19.3 Å². The van der Waals surface area contributed by atoms with E-state index in [1.807, 2.05) is 6.92 Å². The molecular formula is C13H29NO4. The SMILES string of the molecule is COCC(C)OCC(O)CNC(COC)C(C)C. The highest BCUT2D eigenvalue weighted by Crippen LogP contribution is 2.02. The normalized spacial score (nSPS) is 16.8. The van der Waals surface area contributed by atoms with Gasteiger partial charge in [0.05, 0.1) is 32.0 Å². The number of nitrogens with one attached hydrogen (secondary N) is 1. The Morgan fingerprint density at radius 1 is 1.00 bits per heavy atom. The van der Waals surface area contributed by atoms with Crippen LogP contribution in [0.15, 0.2) is 0 Å². The fourth-order valence-corrected chi connectivity index (χ4v) is 1.57. The predicted octanol–water partition coefficient (Wildman–Crippen LogP) is 0.659. The standard InChI is InChI=1S/C13H29NO4/c1-10(2)13(9-17-5)14-6-12(15)8-18-11(3)7-16-4/h10-15H,6-9H2,1-5H3. The van der Waals surface area contributed by atoms with E-state index in [1.165, 1.54) is 0 Å². The van der Waals surface area contributed by atoms with Crippen LogP contribution in [0.2, 0.25) is 0 Å². The fourth-order valence-electron chi connectivity index (χ4n) is 1.57. The zero-order valence-electron chi connectivity index (χ0n) is 12.3. The summed E-state index contributed by atoms with van der Waals surface area (Å²) in [7, 11) is 3.32. The highest BCUT2D eigenvalue weighted by atomic mass is 16.5. The molecule has 0 saturated heterocycles. The summed E-state index contributed by atoms with van der Waals surface area (Å²) < 4.78 is 15.5. The monoisotopic (exact) mass is 263 g/mol. The molecule has 3 unspecified atom stereocenters. The second-order valence-corrected chi connectivity index (χ2v) is 4.97. The van der Waals surface area contributed by atoms with Gasteiger partial charge >= 0.3 is 0 Å². The quantitative estimate of drug-likeness (QED) is 0.573. The minimum atomic E-state index is -0.512. The van der Waals surface area contributed by atoms with Crippen molar-refractivity contribution >= 4 is 0 Å². The van der Waals surface area contributed by atoms with E-state index in [2.05, 4.69) is 19.2 Å². The number of methoxy groups -OCH3 is 2. The first-order valence-corrected chi connectivity index (χ1v) is 6.52. The third kappa shape index (κ3) is 8.83. The van der Waals surface area contributed by atoms with Crippen molar-refractivity contribution in [2.75, 3.05) is 40.6 Å². The van der Waals surface area contributed by atoms with E-state index in [9.17, 15) is 5.11 Å². The van der Waals surface area contributed by atoms with Crippen LogP contribution in [-0.4, -0.2) is 63.9 Å². The summed E-state index contributed by atoms with van der Waals surface area (Å²) in [6.07, 6.45) is -0.507. The number of ether oxygens (including phenoxy) is 3. The first-order valence-electron chi connectivity index (χ1n) is 6.52. The fraction of sp³-hybridized carbons (Fsp3) is 1.00. The Balaban J connectivity index is 3.76. The topological polar surface area (TPSA) is 60.0 Å². The largest absolute Gasteiger partial charge is 0.389 e. The van der Waals surface area contributed by atoms with Gasteiger partial charge < -0.3 is 24.6 Å². The summed E-state index contributed by atoms with van der Waals surface area (Å²) in [6, 6.07) is 0.251. The van der Waals surface area contributed by atoms with Crippen molar-refractivity contribution in [2.24, 2.45) is 5.92 Å². The molecule has 0 bridgehead atoms. The summed E-state index contributed by atoms with van der Waals surface area (Å²) in [6.45, 7) is 8.18. The minimum absolute atomic E-state index is 0.00419. The summed E-state index contributed by atoms with van der Waals surface area (Å²) in [4.78, 5) is 0. The molecule has 0 aliphatic heterocycles. The van der Waals surface area contributed by atoms with Gasteiger partial charge in [0, 0.05) is 26.8 Å². The van der Waals surface area contributed by atoms with Gasteiger partial charge in [-0.25, -0.2) is 0 Å². The Morgan fingerprint density at radius 2 is 1.61 bits per heavy atom. The first-order chi connectivity index (χ1) is 8.51.